The number of benzene rings is 1. The van der Waals surface area contributed by atoms with Gasteiger partial charge in [-0.2, -0.15) is 0 Å². The van der Waals surface area contributed by atoms with Gasteiger partial charge < -0.3 is 24.7 Å². The largest absolute Gasteiger partial charge is 0.462 e. The maximum atomic E-state index is 12.6. The minimum Gasteiger partial charge on any atom is -0.462 e. The first-order valence-corrected chi connectivity index (χ1v) is 14.7. The Kier molecular flexibility index (Phi) is 14.1. The SMILES string of the molecule is CCC(C)CC(=O)Oc1ccc(C[C@H](N)C(=O)O[C@@H](C)COC(=O)C2CCCCC2)cc1OC(=O)CC(C)CC. The van der Waals surface area contributed by atoms with Crippen LogP contribution in [0.3, 0.4) is 0 Å². The molecule has 9 heteroatoms. The Hall–Kier alpha value is -2.94. The van der Waals surface area contributed by atoms with Crippen molar-refractivity contribution < 1.29 is 38.1 Å². The van der Waals surface area contributed by atoms with E-state index in [1.807, 2.05) is 27.7 Å². The van der Waals surface area contributed by atoms with Gasteiger partial charge in [-0.1, -0.05) is 65.9 Å². The zero-order valence-electron chi connectivity index (χ0n) is 24.7. The third kappa shape index (κ3) is 11.7. The lowest BCUT2D eigenvalue weighted by molar-refractivity contribution is -0.161. The van der Waals surface area contributed by atoms with Gasteiger partial charge in [-0.25, -0.2) is 0 Å². The molecular formula is C31H47NO8. The van der Waals surface area contributed by atoms with Gasteiger partial charge in [0.05, 0.1) is 5.92 Å². The van der Waals surface area contributed by atoms with Gasteiger partial charge in [0.2, 0.25) is 0 Å². The molecule has 0 bridgehead atoms. The van der Waals surface area contributed by atoms with Crippen LogP contribution in [-0.4, -0.2) is 42.6 Å². The second kappa shape index (κ2) is 17.0. The Bertz CT molecular complexity index is 988. The first-order valence-electron chi connectivity index (χ1n) is 14.7. The minimum absolute atomic E-state index is 0.0270. The molecule has 1 aliphatic rings. The molecule has 2 N–H and O–H groups in total. The van der Waals surface area contributed by atoms with Crippen molar-refractivity contribution in [3.63, 3.8) is 0 Å². The van der Waals surface area contributed by atoms with E-state index in [9.17, 15) is 19.2 Å². The van der Waals surface area contributed by atoms with E-state index in [0.717, 1.165) is 44.9 Å². The van der Waals surface area contributed by atoms with Gasteiger partial charge in [0.25, 0.3) is 0 Å². The molecule has 0 aliphatic heterocycles. The summed E-state index contributed by atoms with van der Waals surface area (Å²) in [5.41, 5.74) is 6.72. The Labute approximate surface area is 238 Å². The molecule has 224 valence electrons. The van der Waals surface area contributed by atoms with Crippen LogP contribution in [0.25, 0.3) is 0 Å². The summed E-state index contributed by atoms with van der Waals surface area (Å²) in [4.78, 5) is 49.8. The second-order valence-electron chi connectivity index (χ2n) is 11.2. The maximum absolute atomic E-state index is 12.6. The molecule has 9 nitrogen and oxygen atoms in total. The highest BCUT2D eigenvalue weighted by molar-refractivity contribution is 5.78. The molecule has 1 aromatic carbocycles. The first-order chi connectivity index (χ1) is 19.0. The Balaban J connectivity index is 2.01. The summed E-state index contributed by atoms with van der Waals surface area (Å²) >= 11 is 0. The lowest BCUT2D eigenvalue weighted by atomic mass is 9.89. The number of carbonyl (C=O) groups excluding carboxylic acids is 4. The van der Waals surface area contributed by atoms with Crippen LogP contribution in [0.2, 0.25) is 0 Å². The molecule has 4 atom stereocenters. The van der Waals surface area contributed by atoms with Crippen LogP contribution in [0.15, 0.2) is 18.2 Å². The summed E-state index contributed by atoms with van der Waals surface area (Å²) in [5, 5.41) is 0. The Morgan fingerprint density at radius 1 is 0.875 bits per heavy atom. The molecular weight excluding hydrogens is 514 g/mol. The fourth-order valence-corrected chi connectivity index (χ4v) is 4.34. The van der Waals surface area contributed by atoms with Gasteiger partial charge in [-0.05, 0) is 55.7 Å². The van der Waals surface area contributed by atoms with E-state index in [1.165, 1.54) is 0 Å². The van der Waals surface area contributed by atoms with Crippen LogP contribution in [0, 0.1) is 17.8 Å². The van der Waals surface area contributed by atoms with Crippen LogP contribution in [0.5, 0.6) is 11.5 Å². The summed E-state index contributed by atoms with van der Waals surface area (Å²) in [6, 6.07) is 3.77. The van der Waals surface area contributed by atoms with E-state index >= 15 is 0 Å². The number of carbonyl (C=O) groups is 4. The molecule has 0 aromatic heterocycles. The lowest BCUT2D eigenvalue weighted by Crippen LogP contribution is -2.37. The minimum atomic E-state index is -1.00. The van der Waals surface area contributed by atoms with Gasteiger partial charge >= 0.3 is 23.9 Å². The molecule has 0 spiro atoms. The van der Waals surface area contributed by atoms with Crippen molar-refractivity contribution in [1.82, 2.24) is 0 Å². The summed E-state index contributed by atoms with van der Waals surface area (Å²) in [5.74, 6) is -1.28. The standard InChI is InChI=1S/C31H47NO8/c1-6-20(3)15-28(33)39-26-14-13-23(18-27(26)40-29(34)16-21(4)7-2)17-25(32)31(36)38-22(5)19-37-30(35)24-11-9-8-10-12-24/h13-14,18,20-22,24-25H,6-12,15-17,19,32H2,1-5H3/t20?,21?,22-,25-/m0/s1. The van der Waals surface area contributed by atoms with Gasteiger partial charge in [-0.3, -0.25) is 19.2 Å². The van der Waals surface area contributed by atoms with Crippen molar-refractivity contribution in [3.05, 3.63) is 23.8 Å². The zero-order chi connectivity index (χ0) is 29.7. The number of ether oxygens (including phenoxy) is 4. The van der Waals surface area contributed by atoms with Gasteiger partial charge in [-0.15, -0.1) is 0 Å². The second-order valence-corrected chi connectivity index (χ2v) is 11.2. The third-order valence-corrected chi connectivity index (χ3v) is 7.35. The van der Waals surface area contributed by atoms with Crippen molar-refractivity contribution in [1.29, 1.82) is 0 Å². The normalized spacial score (nSPS) is 16.8. The quantitative estimate of drug-likeness (QED) is 0.224. The number of hydrogen-bond acceptors (Lipinski definition) is 9. The Morgan fingerprint density at radius 2 is 1.45 bits per heavy atom. The molecule has 1 saturated carbocycles. The smallest absolute Gasteiger partial charge is 0.323 e. The summed E-state index contributed by atoms with van der Waals surface area (Å²) < 4.78 is 21.9. The zero-order valence-corrected chi connectivity index (χ0v) is 24.7. The Morgan fingerprint density at radius 3 is 2.02 bits per heavy atom. The molecule has 2 rings (SSSR count). The number of nitrogens with two attached hydrogens (primary N) is 1. The lowest BCUT2D eigenvalue weighted by Gasteiger charge is -2.22. The van der Waals surface area contributed by atoms with Crippen molar-refractivity contribution >= 4 is 23.9 Å². The van der Waals surface area contributed by atoms with E-state index in [-0.39, 0.29) is 61.1 Å². The highest BCUT2D eigenvalue weighted by atomic mass is 16.6. The highest BCUT2D eigenvalue weighted by Crippen LogP contribution is 2.31. The maximum Gasteiger partial charge on any atom is 0.323 e. The number of hydrogen-bond donors (Lipinski definition) is 1. The molecule has 0 saturated heterocycles. The molecule has 0 radical (unpaired) electrons. The fraction of sp³-hybridized carbons (Fsp3) is 0.677. The van der Waals surface area contributed by atoms with Crippen LogP contribution in [0.1, 0.15) is 98.0 Å². The number of esters is 4. The van der Waals surface area contributed by atoms with E-state index in [4.69, 9.17) is 24.7 Å². The van der Waals surface area contributed by atoms with Crippen LogP contribution < -0.4 is 15.2 Å². The molecule has 0 heterocycles. The summed E-state index contributed by atoms with van der Waals surface area (Å²) in [6.07, 6.45) is 6.44. The predicted octanol–water partition coefficient (Wildman–Crippen LogP) is 5.29. The average Bonchev–Trinajstić information content (AvgIpc) is 2.93. The average molecular weight is 562 g/mol. The van der Waals surface area contributed by atoms with Crippen LogP contribution in [-0.2, 0) is 35.1 Å². The van der Waals surface area contributed by atoms with Gasteiger partial charge in [0.1, 0.15) is 18.8 Å². The molecule has 0 amide bonds. The van der Waals surface area contributed by atoms with Gasteiger partial charge in [0.15, 0.2) is 11.5 Å². The van der Waals surface area contributed by atoms with E-state index in [1.54, 1.807) is 25.1 Å². The third-order valence-electron chi connectivity index (χ3n) is 7.35. The van der Waals surface area contributed by atoms with E-state index in [2.05, 4.69) is 0 Å². The topological polar surface area (TPSA) is 131 Å². The van der Waals surface area contributed by atoms with Crippen LogP contribution >= 0.6 is 0 Å². The molecule has 1 aliphatic carbocycles. The van der Waals surface area contributed by atoms with Crippen LogP contribution in [0.4, 0.5) is 0 Å². The predicted molar refractivity (Wildman–Crippen MR) is 151 cm³/mol. The molecule has 40 heavy (non-hydrogen) atoms. The van der Waals surface area contributed by atoms with E-state index in [0.29, 0.717) is 5.56 Å². The fourth-order valence-electron chi connectivity index (χ4n) is 4.34. The van der Waals surface area contributed by atoms with E-state index < -0.39 is 30.1 Å². The monoisotopic (exact) mass is 561 g/mol. The first kappa shape index (κ1) is 33.3. The highest BCUT2D eigenvalue weighted by Gasteiger charge is 2.25. The van der Waals surface area contributed by atoms with Crippen molar-refractivity contribution in [3.8, 4) is 11.5 Å². The van der Waals surface area contributed by atoms with Crippen molar-refractivity contribution in [2.24, 2.45) is 23.5 Å². The van der Waals surface area contributed by atoms with Crippen molar-refractivity contribution in [2.75, 3.05) is 6.61 Å². The molecule has 2 unspecified atom stereocenters. The summed E-state index contributed by atoms with van der Waals surface area (Å²) in [6.45, 7) is 9.51. The number of rotatable bonds is 15. The summed E-state index contributed by atoms with van der Waals surface area (Å²) in [7, 11) is 0. The molecule has 1 fully saturated rings. The molecule has 1 aromatic rings. The van der Waals surface area contributed by atoms with Crippen molar-refractivity contribution in [2.45, 2.75) is 111 Å². The van der Waals surface area contributed by atoms with Gasteiger partial charge in [0, 0.05) is 12.8 Å².